The smallest absolute Gasteiger partial charge is 0.337 e. The zero-order chi connectivity index (χ0) is 18.0. The summed E-state index contributed by atoms with van der Waals surface area (Å²) in [7, 11) is -1.54. The highest BCUT2D eigenvalue weighted by molar-refractivity contribution is 7.84. The second-order valence-corrected chi connectivity index (χ2v) is 8.32. The summed E-state index contributed by atoms with van der Waals surface area (Å²) in [5.41, 5.74) is 0.669. The number of hydrogen-bond acceptors (Lipinski definition) is 3. The highest BCUT2D eigenvalue weighted by atomic mass is 32.2. The van der Waals surface area contributed by atoms with Crippen molar-refractivity contribution in [3.8, 4) is 0 Å². The van der Waals surface area contributed by atoms with E-state index in [2.05, 4.69) is 0 Å². The SMILES string of the molecule is O=C(C[S@](=O)Cc1cccc(C(F)(F)F)c1)N1CCc2sccc2C1. The maximum absolute atomic E-state index is 12.7. The first-order chi connectivity index (χ1) is 11.8. The number of nitrogens with zero attached hydrogens (tertiary/aromatic N) is 1. The highest BCUT2D eigenvalue weighted by Gasteiger charge is 2.30. The first-order valence-corrected chi connectivity index (χ1v) is 10.0. The fourth-order valence-corrected chi connectivity index (χ4v) is 4.77. The van der Waals surface area contributed by atoms with E-state index in [0.717, 1.165) is 24.1 Å². The number of carbonyl (C=O) groups excluding carboxylic acids is 1. The molecule has 0 radical (unpaired) electrons. The molecule has 1 aliphatic rings. The van der Waals surface area contributed by atoms with Gasteiger partial charge in [-0.05, 0) is 35.1 Å². The molecule has 134 valence electrons. The van der Waals surface area contributed by atoms with Gasteiger partial charge < -0.3 is 4.90 Å². The molecular weight excluding hydrogens is 371 g/mol. The number of alkyl halides is 3. The Balaban J connectivity index is 1.59. The van der Waals surface area contributed by atoms with Gasteiger partial charge >= 0.3 is 6.18 Å². The number of carbonyl (C=O) groups is 1. The summed E-state index contributed by atoms with van der Waals surface area (Å²) in [4.78, 5) is 15.3. The van der Waals surface area contributed by atoms with Gasteiger partial charge in [0.15, 0.2) is 0 Å². The molecule has 0 spiro atoms. The predicted molar refractivity (Wildman–Crippen MR) is 91.6 cm³/mol. The van der Waals surface area contributed by atoms with Crippen LogP contribution in [0.3, 0.4) is 0 Å². The Labute approximate surface area is 149 Å². The van der Waals surface area contributed by atoms with E-state index in [4.69, 9.17) is 0 Å². The molecule has 0 saturated carbocycles. The molecule has 1 amide bonds. The zero-order valence-corrected chi connectivity index (χ0v) is 14.8. The van der Waals surface area contributed by atoms with Gasteiger partial charge in [0.05, 0.1) is 5.56 Å². The fraction of sp³-hybridized carbons (Fsp3) is 0.353. The number of hydrogen-bond donors (Lipinski definition) is 0. The number of rotatable bonds is 4. The molecule has 0 N–H and O–H groups in total. The summed E-state index contributed by atoms with van der Waals surface area (Å²) in [5, 5.41) is 1.99. The molecule has 0 bridgehead atoms. The van der Waals surface area contributed by atoms with Crippen molar-refractivity contribution in [2.75, 3.05) is 12.3 Å². The number of halogens is 3. The van der Waals surface area contributed by atoms with Crippen LogP contribution < -0.4 is 0 Å². The van der Waals surface area contributed by atoms with Crippen LogP contribution in [0.1, 0.15) is 21.6 Å². The highest BCUT2D eigenvalue weighted by Crippen LogP contribution is 2.30. The quantitative estimate of drug-likeness (QED) is 0.804. The van der Waals surface area contributed by atoms with Crippen LogP contribution in [0.15, 0.2) is 35.7 Å². The van der Waals surface area contributed by atoms with Crippen LogP contribution in [0.5, 0.6) is 0 Å². The fourth-order valence-electron chi connectivity index (χ4n) is 2.76. The molecule has 1 aliphatic heterocycles. The molecule has 0 saturated heterocycles. The van der Waals surface area contributed by atoms with E-state index in [1.165, 1.54) is 17.0 Å². The standard InChI is InChI=1S/C17H16F3NO2S2/c18-17(19,20)14-3-1-2-12(8-14)10-25(23)11-16(22)21-6-4-15-13(9-21)5-7-24-15/h1-3,5,7-8H,4,6,9-11H2/t25-/m1/s1. The summed E-state index contributed by atoms with van der Waals surface area (Å²) in [6.07, 6.45) is -3.64. The summed E-state index contributed by atoms with van der Waals surface area (Å²) in [6.45, 7) is 1.10. The summed E-state index contributed by atoms with van der Waals surface area (Å²) < 4.78 is 50.4. The average molecular weight is 387 g/mol. The van der Waals surface area contributed by atoms with Crippen molar-refractivity contribution in [2.45, 2.75) is 24.9 Å². The van der Waals surface area contributed by atoms with E-state index in [1.807, 2.05) is 11.4 Å². The lowest BCUT2D eigenvalue weighted by molar-refractivity contribution is -0.137. The van der Waals surface area contributed by atoms with Gasteiger partial charge in [-0.3, -0.25) is 9.00 Å². The predicted octanol–water partition coefficient (Wildman–Crippen LogP) is 3.60. The molecule has 3 rings (SSSR count). The molecule has 1 aromatic heterocycles. The Bertz CT molecular complexity index is 801. The van der Waals surface area contributed by atoms with Crippen LogP contribution in [0.25, 0.3) is 0 Å². The van der Waals surface area contributed by atoms with Crippen molar-refractivity contribution < 1.29 is 22.2 Å². The van der Waals surface area contributed by atoms with Crippen molar-refractivity contribution in [2.24, 2.45) is 0 Å². The number of thiophene rings is 1. The number of amides is 1. The van der Waals surface area contributed by atoms with Gasteiger partial charge in [0.25, 0.3) is 0 Å². The molecule has 2 aromatic rings. The van der Waals surface area contributed by atoms with Gasteiger partial charge in [-0.25, -0.2) is 0 Å². The second kappa shape index (κ2) is 7.29. The van der Waals surface area contributed by atoms with Crippen LogP contribution >= 0.6 is 11.3 Å². The van der Waals surface area contributed by atoms with Crippen molar-refractivity contribution in [1.82, 2.24) is 4.90 Å². The van der Waals surface area contributed by atoms with E-state index >= 15 is 0 Å². The molecular formula is C17H16F3NO2S2. The molecule has 0 aliphatic carbocycles. The van der Waals surface area contributed by atoms with Crippen LogP contribution in [-0.2, 0) is 40.5 Å². The third kappa shape index (κ3) is 4.49. The molecule has 3 nitrogen and oxygen atoms in total. The van der Waals surface area contributed by atoms with E-state index < -0.39 is 22.5 Å². The normalized spacial score (nSPS) is 15.7. The molecule has 0 unspecified atom stereocenters. The minimum absolute atomic E-state index is 0.0623. The van der Waals surface area contributed by atoms with E-state index in [1.54, 1.807) is 16.2 Å². The van der Waals surface area contributed by atoms with Gasteiger partial charge in [-0.1, -0.05) is 18.2 Å². The lowest BCUT2D eigenvalue weighted by Gasteiger charge is -2.26. The van der Waals surface area contributed by atoms with Crippen molar-refractivity contribution in [1.29, 1.82) is 0 Å². The van der Waals surface area contributed by atoms with E-state index in [0.29, 0.717) is 18.7 Å². The first kappa shape index (κ1) is 18.1. The summed E-state index contributed by atoms with van der Waals surface area (Å²) in [6, 6.07) is 6.74. The average Bonchev–Trinajstić information content (AvgIpc) is 3.01. The van der Waals surface area contributed by atoms with Crippen LogP contribution in [0.2, 0.25) is 0 Å². The second-order valence-electron chi connectivity index (χ2n) is 5.86. The maximum atomic E-state index is 12.7. The Kier molecular flexibility index (Phi) is 5.29. The van der Waals surface area contributed by atoms with Crippen LogP contribution in [0, 0.1) is 0 Å². The zero-order valence-electron chi connectivity index (χ0n) is 13.2. The lowest BCUT2D eigenvalue weighted by Crippen LogP contribution is -2.38. The third-order valence-corrected chi connectivity index (χ3v) is 6.27. The van der Waals surface area contributed by atoms with Crippen molar-refractivity contribution in [3.63, 3.8) is 0 Å². The summed E-state index contributed by atoms with van der Waals surface area (Å²) >= 11 is 1.67. The maximum Gasteiger partial charge on any atom is 0.416 e. The Morgan fingerprint density at radius 2 is 2.08 bits per heavy atom. The van der Waals surface area contributed by atoms with Gasteiger partial charge in [0, 0.05) is 34.5 Å². The number of fused-ring (bicyclic) bond motifs is 1. The van der Waals surface area contributed by atoms with Gasteiger partial charge in [-0.15, -0.1) is 11.3 Å². The Hall–Kier alpha value is -1.67. The molecule has 0 fully saturated rings. The summed E-state index contributed by atoms with van der Waals surface area (Å²) in [5.74, 6) is -0.453. The molecule has 2 heterocycles. The van der Waals surface area contributed by atoms with E-state index in [-0.39, 0.29) is 17.4 Å². The van der Waals surface area contributed by atoms with Gasteiger partial charge in [-0.2, -0.15) is 13.2 Å². The Morgan fingerprint density at radius 3 is 2.84 bits per heavy atom. The van der Waals surface area contributed by atoms with Crippen molar-refractivity contribution in [3.05, 3.63) is 57.3 Å². The molecule has 1 atom stereocenters. The van der Waals surface area contributed by atoms with Crippen molar-refractivity contribution >= 4 is 28.0 Å². The monoisotopic (exact) mass is 387 g/mol. The van der Waals surface area contributed by atoms with E-state index in [9.17, 15) is 22.2 Å². The first-order valence-electron chi connectivity index (χ1n) is 7.67. The minimum Gasteiger partial charge on any atom is -0.337 e. The largest absolute Gasteiger partial charge is 0.416 e. The van der Waals surface area contributed by atoms with Gasteiger partial charge in [0.2, 0.25) is 5.91 Å². The topological polar surface area (TPSA) is 37.4 Å². The minimum atomic E-state index is -4.43. The van der Waals surface area contributed by atoms with Gasteiger partial charge in [0.1, 0.15) is 5.75 Å². The molecule has 25 heavy (non-hydrogen) atoms. The molecule has 1 aromatic carbocycles. The van der Waals surface area contributed by atoms with Crippen LogP contribution in [0.4, 0.5) is 13.2 Å². The Morgan fingerprint density at radius 1 is 1.28 bits per heavy atom. The third-order valence-electron chi connectivity index (χ3n) is 4.03. The number of benzene rings is 1. The van der Waals surface area contributed by atoms with Crippen LogP contribution in [-0.4, -0.2) is 27.3 Å². The molecule has 8 heteroatoms. The lowest BCUT2D eigenvalue weighted by atomic mass is 10.1.